The molecule has 12 heteroatoms. The minimum absolute atomic E-state index is 0.156. The van der Waals surface area contributed by atoms with Gasteiger partial charge in [0.15, 0.2) is 5.78 Å². The molecule has 0 aliphatic carbocycles. The maximum absolute atomic E-state index is 14.0. The molecule has 2 aromatic carbocycles. The van der Waals surface area contributed by atoms with Crippen molar-refractivity contribution in [2.75, 3.05) is 0 Å². The number of carbonyl (C=O) groups is 2. The first-order valence-electron chi connectivity index (χ1n) is 9.63. The van der Waals surface area contributed by atoms with E-state index in [9.17, 15) is 27.9 Å². The van der Waals surface area contributed by atoms with Gasteiger partial charge in [0.25, 0.3) is 0 Å². The number of alkyl halides is 3. The summed E-state index contributed by atoms with van der Waals surface area (Å²) in [7, 11) is 0. The van der Waals surface area contributed by atoms with Crippen molar-refractivity contribution in [3.8, 4) is 11.3 Å². The molecule has 1 aliphatic heterocycles. The van der Waals surface area contributed by atoms with Crippen molar-refractivity contribution < 1.29 is 32.3 Å². The fourth-order valence-corrected chi connectivity index (χ4v) is 4.12. The van der Waals surface area contributed by atoms with Crippen molar-refractivity contribution in [2.45, 2.75) is 17.9 Å². The van der Waals surface area contributed by atoms with E-state index in [0.29, 0.717) is 5.56 Å². The van der Waals surface area contributed by atoms with Crippen molar-refractivity contribution in [1.82, 2.24) is 10.6 Å². The van der Waals surface area contributed by atoms with Gasteiger partial charge in [-0.05, 0) is 54.6 Å². The normalized spacial score (nSPS) is 22.7. The molecule has 4 rings (SSSR count). The van der Waals surface area contributed by atoms with E-state index < -0.39 is 35.7 Å². The lowest BCUT2D eigenvalue weighted by Crippen LogP contribution is -2.72. The highest BCUT2D eigenvalue weighted by molar-refractivity contribution is 6.42. The Morgan fingerprint density at radius 2 is 1.68 bits per heavy atom. The summed E-state index contributed by atoms with van der Waals surface area (Å²) in [6.45, 7) is 0. The Bertz CT molecular complexity index is 1260. The first-order valence-corrected chi connectivity index (χ1v) is 10.8. The maximum atomic E-state index is 14.0. The summed E-state index contributed by atoms with van der Waals surface area (Å²) in [6.07, 6.45) is -5.39. The van der Waals surface area contributed by atoms with E-state index in [4.69, 9.17) is 39.2 Å². The molecule has 0 radical (unpaired) electrons. The molecule has 3 atom stereocenters. The van der Waals surface area contributed by atoms with Crippen LogP contribution in [0.5, 0.6) is 0 Å². The fourth-order valence-electron chi connectivity index (χ4n) is 3.69. The number of rotatable bonds is 4. The molecular formula is C22H14Cl3F3N2O4. The average Bonchev–Trinajstić information content (AvgIpc) is 3.25. The van der Waals surface area contributed by atoms with Crippen molar-refractivity contribution in [1.29, 1.82) is 0 Å². The first kappa shape index (κ1) is 24.4. The average molecular weight is 534 g/mol. The molecule has 34 heavy (non-hydrogen) atoms. The van der Waals surface area contributed by atoms with Crippen LogP contribution in [0.25, 0.3) is 11.3 Å². The number of nitrogens with one attached hydrogen (secondary N) is 2. The number of aliphatic hydroxyl groups is 1. The van der Waals surface area contributed by atoms with Gasteiger partial charge >= 0.3 is 12.2 Å². The van der Waals surface area contributed by atoms with E-state index in [1.165, 1.54) is 53.8 Å². The molecule has 1 fully saturated rings. The molecule has 1 saturated heterocycles. The quantitative estimate of drug-likeness (QED) is 0.358. The summed E-state index contributed by atoms with van der Waals surface area (Å²) in [6, 6.07) is 9.36. The highest BCUT2D eigenvalue weighted by atomic mass is 35.5. The van der Waals surface area contributed by atoms with Crippen molar-refractivity contribution in [3.63, 3.8) is 0 Å². The van der Waals surface area contributed by atoms with E-state index >= 15 is 0 Å². The lowest BCUT2D eigenvalue weighted by Gasteiger charge is -2.44. The molecule has 0 spiro atoms. The van der Waals surface area contributed by atoms with Crippen LogP contribution in [0.1, 0.15) is 22.2 Å². The van der Waals surface area contributed by atoms with Crippen molar-refractivity contribution in [3.05, 3.63) is 81.0 Å². The number of amides is 2. The van der Waals surface area contributed by atoms with Crippen LogP contribution in [0, 0.1) is 5.92 Å². The monoisotopic (exact) mass is 532 g/mol. The number of urea groups is 1. The van der Waals surface area contributed by atoms with E-state index in [0.717, 1.165) is 0 Å². The number of hydrogen-bond acceptors (Lipinski definition) is 4. The van der Waals surface area contributed by atoms with E-state index in [1.807, 2.05) is 0 Å². The number of Topliss-reactive ketones (excluding diaryl/α,β-unsaturated/α-hetero) is 1. The van der Waals surface area contributed by atoms with E-state index in [2.05, 4.69) is 5.32 Å². The zero-order valence-electron chi connectivity index (χ0n) is 16.8. The number of halogens is 6. The topological polar surface area (TPSA) is 91.6 Å². The Balaban J connectivity index is 1.81. The number of benzene rings is 2. The van der Waals surface area contributed by atoms with Gasteiger partial charge < -0.3 is 20.2 Å². The molecule has 3 N–H and O–H groups in total. The molecule has 6 nitrogen and oxygen atoms in total. The summed E-state index contributed by atoms with van der Waals surface area (Å²) in [5.41, 5.74) is -3.59. The molecule has 2 amide bonds. The van der Waals surface area contributed by atoms with Gasteiger partial charge in [0.1, 0.15) is 23.5 Å². The molecule has 0 bridgehead atoms. The predicted molar refractivity (Wildman–Crippen MR) is 119 cm³/mol. The van der Waals surface area contributed by atoms with Crippen molar-refractivity contribution in [2.24, 2.45) is 5.92 Å². The molecule has 1 aliphatic rings. The molecule has 0 unspecified atom stereocenters. The highest BCUT2D eigenvalue weighted by Crippen LogP contribution is 2.45. The number of hydrogen-bond donors (Lipinski definition) is 3. The van der Waals surface area contributed by atoms with E-state index in [1.54, 1.807) is 6.07 Å². The molecule has 1 aromatic heterocycles. The number of furan rings is 1. The molecule has 0 saturated carbocycles. The summed E-state index contributed by atoms with van der Waals surface area (Å²) >= 11 is 17.7. The fraction of sp³-hybridized carbons (Fsp3) is 0.182. The summed E-state index contributed by atoms with van der Waals surface area (Å²) < 4.78 is 47.7. The molecular weight excluding hydrogens is 520 g/mol. The number of carbonyl (C=O) groups excluding carboxylic acids is 2. The van der Waals surface area contributed by atoms with Crippen LogP contribution in [-0.2, 0) is 0 Å². The minimum Gasteiger partial charge on any atom is -0.459 e. The van der Waals surface area contributed by atoms with E-state index in [-0.39, 0.29) is 32.2 Å². The third-order valence-corrected chi connectivity index (χ3v) is 6.35. The van der Waals surface area contributed by atoms with Crippen LogP contribution in [0.3, 0.4) is 0 Å². The van der Waals surface area contributed by atoms with Crippen LogP contribution in [0.4, 0.5) is 18.0 Å². The standard InChI is InChI=1S/C22H14Cl3F3N2O4/c23-12-4-1-10(2-5-12)19(31)17-18(29-20(32)30-21(17,33)22(26,27)28)16-8-7-15(34-16)11-3-6-13(24)14(25)9-11/h1-9,17-18,33H,(H2,29,30,32)/t17-,18+,21-/m0/s1. The third kappa shape index (κ3) is 4.36. The summed E-state index contributed by atoms with van der Waals surface area (Å²) in [5, 5.41) is 15.1. The second-order valence-electron chi connectivity index (χ2n) is 7.52. The van der Waals surface area contributed by atoms with Gasteiger partial charge in [0, 0.05) is 16.1 Å². The largest absolute Gasteiger partial charge is 0.459 e. The zero-order chi connectivity index (χ0) is 24.8. The second kappa shape index (κ2) is 8.81. The van der Waals surface area contributed by atoms with Crippen LogP contribution in [0.15, 0.2) is 59.0 Å². The summed E-state index contributed by atoms with van der Waals surface area (Å²) in [4.78, 5) is 25.4. The maximum Gasteiger partial charge on any atom is 0.437 e. The zero-order valence-corrected chi connectivity index (χ0v) is 19.1. The Morgan fingerprint density at radius 1 is 1.00 bits per heavy atom. The summed E-state index contributed by atoms with van der Waals surface area (Å²) in [5.74, 6) is -3.33. The van der Waals surface area contributed by atoms with Gasteiger partial charge in [0.05, 0.1) is 10.0 Å². The smallest absolute Gasteiger partial charge is 0.437 e. The van der Waals surface area contributed by atoms with Gasteiger partial charge in [-0.3, -0.25) is 4.79 Å². The van der Waals surface area contributed by atoms with Crippen LogP contribution >= 0.6 is 34.8 Å². The Hall–Kier alpha value is -2.72. The van der Waals surface area contributed by atoms with Crippen molar-refractivity contribution >= 4 is 46.6 Å². The highest BCUT2D eigenvalue weighted by Gasteiger charge is 2.66. The Morgan fingerprint density at radius 3 is 2.29 bits per heavy atom. The third-order valence-electron chi connectivity index (χ3n) is 5.35. The van der Waals surface area contributed by atoms with Crippen LogP contribution < -0.4 is 10.6 Å². The lowest BCUT2D eigenvalue weighted by atomic mass is 9.79. The second-order valence-corrected chi connectivity index (χ2v) is 8.77. The van der Waals surface area contributed by atoms with Gasteiger partial charge in [-0.25, -0.2) is 4.79 Å². The van der Waals surface area contributed by atoms with Gasteiger partial charge in [0.2, 0.25) is 5.72 Å². The van der Waals surface area contributed by atoms with Crippen LogP contribution in [-0.4, -0.2) is 28.8 Å². The Labute approximate surface area is 205 Å². The Kier molecular flexibility index (Phi) is 6.32. The molecule has 3 aromatic rings. The van der Waals surface area contributed by atoms with Gasteiger partial charge in [-0.15, -0.1) is 0 Å². The predicted octanol–water partition coefficient (Wildman–Crippen LogP) is 6.01. The number of ketones is 1. The van der Waals surface area contributed by atoms with Gasteiger partial charge in [-0.1, -0.05) is 34.8 Å². The van der Waals surface area contributed by atoms with Gasteiger partial charge in [-0.2, -0.15) is 13.2 Å². The lowest BCUT2D eigenvalue weighted by molar-refractivity contribution is -0.288. The molecule has 2 heterocycles. The molecule has 178 valence electrons. The van der Waals surface area contributed by atoms with Crippen LogP contribution in [0.2, 0.25) is 15.1 Å². The first-order chi connectivity index (χ1) is 15.9. The minimum atomic E-state index is -5.39. The SMILES string of the molecule is O=C1N[C@H](c2ccc(-c3ccc(Cl)c(Cl)c3)o2)[C@@H](C(=O)c2ccc(Cl)cc2)[C@](O)(C(F)(F)F)N1.